The van der Waals surface area contributed by atoms with Crippen LogP contribution in [-0.2, 0) is 24.2 Å². The smallest absolute Gasteiger partial charge is 0.344 e. The summed E-state index contributed by atoms with van der Waals surface area (Å²) in [7, 11) is 5.67. The van der Waals surface area contributed by atoms with Crippen molar-refractivity contribution in [2.45, 2.75) is 59.8 Å². The number of aromatic nitrogens is 2. The Bertz CT molecular complexity index is 809. The Labute approximate surface area is 164 Å². The summed E-state index contributed by atoms with van der Waals surface area (Å²) in [5, 5.41) is 0. The predicted octanol–water partition coefficient (Wildman–Crippen LogP) is 4.99. The Balaban J connectivity index is 2.39. The van der Waals surface area contributed by atoms with Gasteiger partial charge in [-0.15, -0.1) is 0 Å². The molecule has 148 valence electrons. The quantitative estimate of drug-likeness (QED) is 0.400. The Hall–Kier alpha value is -2.10. The van der Waals surface area contributed by atoms with Gasteiger partial charge in [0, 0.05) is 0 Å². The van der Waals surface area contributed by atoms with Crippen LogP contribution in [0.1, 0.15) is 64.4 Å². The molecule has 27 heavy (non-hydrogen) atoms. The zero-order valence-corrected chi connectivity index (χ0v) is 18.6. The minimum atomic E-state index is 0.126. The normalized spacial score (nSPS) is 13.1. The second kappa shape index (κ2) is 7.87. The fourth-order valence-corrected chi connectivity index (χ4v) is 3.81. The van der Waals surface area contributed by atoms with E-state index in [0.717, 1.165) is 17.9 Å². The van der Waals surface area contributed by atoms with Gasteiger partial charge in [0.2, 0.25) is 0 Å². The minimum Gasteiger partial charge on any atom is -0.475 e. The first-order chi connectivity index (χ1) is 12.5. The Morgan fingerprint density at radius 2 is 1.89 bits per heavy atom. The van der Waals surface area contributed by atoms with Crippen LogP contribution in [-0.4, -0.2) is 17.6 Å². The molecule has 0 amide bonds. The molecule has 0 saturated carbocycles. The van der Waals surface area contributed by atoms with Crippen molar-refractivity contribution in [1.29, 1.82) is 0 Å². The second-order valence-electron chi connectivity index (χ2n) is 9.04. The fourth-order valence-electron chi connectivity index (χ4n) is 3.81. The van der Waals surface area contributed by atoms with Crippen molar-refractivity contribution in [3.05, 3.63) is 47.5 Å². The van der Waals surface area contributed by atoms with Crippen molar-refractivity contribution < 1.29 is 9.30 Å². The van der Waals surface area contributed by atoms with Crippen LogP contribution in [0.2, 0.25) is 0 Å². The van der Waals surface area contributed by atoms with E-state index < -0.39 is 0 Å². The highest BCUT2D eigenvalue weighted by Crippen LogP contribution is 2.39. The van der Waals surface area contributed by atoms with Crippen LogP contribution in [0, 0.1) is 12.3 Å². The number of aliphatic imine (C=N–C) groups is 1. The molecule has 0 fully saturated rings. The van der Waals surface area contributed by atoms with E-state index in [2.05, 4.69) is 59.7 Å². The minimum absolute atomic E-state index is 0.126. The largest absolute Gasteiger partial charge is 0.475 e. The number of imidazole rings is 1. The lowest BCUT2D eigenvalue weighted by molar-refractivity contribution is -0.672. The molecule has 0 saturated heterocycles. The average molecular weight is 371 g/mol. The molecule has 0 spiro atoms. The van der Waals surface area contributed by atoms with Gasteiger partial charge in [0.15, 0.2) is 0 Å². The topological polar surface area (TPSA) is 30.4 Å². The molecule has 2 rings (SSSR count). The van der Waals surface area contributed by atoms with Crippen LogP contribution < -0.4 is 4.57 Å². The zero-order valence-electron chi connectivity index (χ0n) is 18.6. The van der Waals surface area contributed by atoms with Gasteiger partial charge >= 0.3 is 11.7 Å². The van der Waals surface area contributed by atoms with E-state index in [0.29, 0.717) is 11.3 Å². The van der Waals surface area contributed by atoms with Gasteiger partial charge in [-0.2, -0.15) is 0 Å². The summed E-state index contributed by atoms with van der Waals surface area (Å²) in [5.74, 6) is 1.55. The van der Waals surface area contributed by atoms with Gasteiger partial charge in [-0.3, -0.25) is 0 Å². The molecule has 4 heteroatoms. The maximum Gasteiger partial charge on any atom is 0.344 e. The van der Waals surface area contributed by atoms with Gasteiger partial charge in [0.05, 0.1) is 26.9 Å². The van der Waals surface area contributed by atoms with E-state index >= 15 is 0 Å². The molecule has 0 atom stereocenters. The van der Waals surface area contributed by atoms with E-state index in [1.54, 1.807) is 7.11 Å². The van der Waals surface area contributed by atoms with Crippen molar-refractivity contribution in [3.63, 3.8) is 0 Å². The SMILES string of the molecule is CCC(C)(C)CC(C)(C)c1ccc(/N=C(\OC)c2n(C)cc[n+]2C)c(C)c1. The molecule has 0 bridgehead atoms. The van der Waals surface area contributed by atoms with Crippen molar-refractivity contribution in [3.8, 4) is 0 Å². The molecule has 0 N–H and O–H groups in total. The molecule has 1 heterocycles. The van der Waals surface area contributed by atoms with Gasteiger partial charge in [-0.25, -0.2) is 14.1 Å². The van der Waals surface area contributed by atoms with Crippen LogP contribution >= 0.6 is 0 Å². The molecule has 0 aliphatic rings. The van der Waals surface area contributed by atoms with Crippen molar-refractivity contribution in [1.82, 2.24) is 4.57 Å². The molecule has 1 aromatic heterocycles. The molecule has 2 aromatic rings. The summed E-state index contributed by atoms with van der Waals surface area (Å²) in [6.45, 7) is 13.8. The highest BCUT2D eigenvalue weighted by molar-refractivity contribution is 5.91. The summed E-state index contributed by atoms with van der Waals surface area (Å²) in [4.78, 5) is 4.81. The number of methoxy groups -OCH3 is 1. The van der Waals surface area contributed by atoms with Gasteiger partial charge in [0.1, 0.15) is 12.4 Å². The summed E-state index contributed by atoms with van der Waals surface area (Å²) in [6.07, 6.45) is 6.33. The highest BCUT2D eigenvalue weighted by atomic mass is 16.5. The number of nitrogens with zero attached hydrogens (tertiary/aromatic N) is 3. The van der Waals surface area contributed by atoms with E-state index in [1.807, 2.05) is 35.6 Å². The van der Waals surface area contributed by atoms with E-state index in [-0.39, 0.29) is 5.41 Å². The third kappa shape index (κ3) is 4.79. The predicted molar refractivity (Wildman–Crippen MR) is 113 cm³/mol. The summed E-state index contributed by atoms with van der Waals surface area (Å²) in [5.41, 5.74) is 3.94. The summed E-state index contributed by atoms with van der Waals surface area (Å²) in [6, 6.07) is 6.62. The summed E-state index contributed by atoms with van der Waals surface area (Å²) < 4.78 is 9.63. The van der Waals surface area contributed by atoms with Crippen LogP contribution in [0.3, 0.4) is 0 Å². The van der Waals surface area contributed by atoms with Crippen LogP contribution in [0.25, 0.3) is 0 Å². The first-order valence-electron chi connectivity index (χ1n) is 9.76. The number of aryl methyl sites for hydroxylation is 3. The lowest BCUT2D eigenvalue weighted by Crippen LogP contribution is -2.35. The Morgan fingerprint density at radius 3 is 2.37 bits per heavy atom. The van der Waals surface area contributed by atoms with E-state index in [1.165, 1.54) is 17.5 Å². The third-order valence-electron chi connectivity index (χ3n) is 5.64. The lowest BCUT2D eigenvalue weighted by atomic mass is 9.70. The third-order valence-corrected chi connectivity index (χ3v) is 5.64. The van der Waals surface area contributed by atoms with Crippen molar-refractivity contribution >= 4 is 11.6 Å². The first kappa shape index (κ1) is 21.2. The molecular weight excluding hydrogens is 334 g/mol. The molecule has 1 aromatic carbocycles. The number of rotatable bonds is 6. The molecule has 0 aliphatic heterocycles. The van der Waals surface area contributed by atoms with Crippen LogP contribution in [0.5, 0.6) is 0 Å². The van der Waals surface area contributed by atoms with Crippen LogP contribution in [0.4, 0.5) is 5.69 Å². The van der Waals surface area contributed by atoms with Gasteiger partial charge in [0.25, 0.3) is 0 Å². The van der Waals surface area contributed by atoms with Crippen molar-refractivity contribution in [2.24, 2.45) is 24.5 Å². The maximum absolute atomic E-state index is 5.60. The Morgan fingerprint density at radius 1 is 1.22 bits per heavy atom. The molecule has 0 aliphatic carbocycles. The number of hydrogen-bond acceptors (Lipinski definition) is 2. The zero-order chi connectivity index (χ0) is 20.4. The number of hydrogen-bond donors (Lipinski definition) is 0. The first-order valence-corrected chi connectivity index (χ1v) is 9.76. The maximum atomic E-state index is 5.60. The fraction of sp³-hybridized carbons (Fsp3) is 0.565. The van der Waals surface area contributed by atoms with Gasteiger partial charge in [-0.05, 0) is 41.4 Å². The Kier molecular flexibility index (Phi) is 6.18. The van der Waals surface area contributed by atoms with Gasteiger partial charge in [-0.1, -0.05) is 53.2 Å². The van der Waals surface area contributed by atoms with Crippen molar-refractivity contribution in [2.75, 3.05) is 7.11 Å². The van der Waals surface area contributed by atoms with E-state index in [9.17, 15) is 0 Å². The second-order valence-corrected chi connectivity index (χ2v) is 9.04. The molecule has 0 unspecified atom stereocenters. The monoisotopic (exact) mass is 370 g/mol. The van der Waals surface area contributed by atoms with Gasteiger partial charge < -0.3 is 4.74 Å². The van der Waals surface area contributed by atoms with Crippen LogP contribution in [0.15, 0.2) is 35.6 Å². The standard InChI is InChI=1S/C23H36N3O/c1-10-22(3,4)16-23(5,6)18-11-12-19(17(2)15-18)24-20(27-9)21-25(7)13-14-26(21)8/h11-15H,10,16H2,1-9H3/q+1/b24-20-. The number of ether oxygens (including phenoxy) is 1. The molecule has 4 nitrogen and oxygen atoms in total. The lowest BCUT2D eigenvalue weighted by Gasteiger charge is -2.35. The van der Waals surface area contributed by atoms with E-state index in [4.69, 9.17) is 9.73 Å². The molecular formula is C23H36N3O+. The molecule has 0 radical (unpaired) electrons. The average Bonchev–Trinajstić information content (AvgIpc) is 2.92. The summed E-state index contributed by atoms with van der Waals surface area (Å²) >= 11 is 0. The number of benzene rings is 1. The highest BCUT2D eigenvalue weighted by Gasteiger charge is 2.29.